The minimum absolute atomic E-state index is 0.0376. The van der Waals surface area contributed by atoms with Gasteiger partial charge >= 0.3 is 5.97 Å². The van der Waals surface area contributed by atoms with Crippen molar-refractivity contribution in [1.29, 1.82) is 5.41 Å². The number of pyridine rings is 1. The van der Waals surface area contributed by atoms with Gasteiger partial charge in [-0.2, -0.15) is 0 Å². The molecule has 0 atom stereocenters. The van der Waals surface area contributed by atoms with E-state index in [2.05, 4.69) is 20.9 Å². The quantitative estimate of drug-likeness (QED) is 0.672. The summed E-state index contributed by atoms with van der Waals surface area (Å²) in [5.74, 6) is -1.29. The maximum atomic E-state index is 10.4. The third-order valence-electron chi connectivity index (χ3n) is 1.37. The van der Waals surface area contributed by atoms with Crippen molar-refractivity contribution >= 4 is 33.4 Å². The maximum absolute atomic E-state index is 10.4. The number of carboxylic acids is 1. The van der Waals surface area contributed by atoms with Gasteiger partial charge in [-0.25, -0.2) is 9.78 Å². The number of hydrogen-bond donors (Lipinski definition) is 3. The van der Waals surface area contributed by atoms with Crippen molar-refractivity contribution in [2.75, 3.05) is 5.73 Å². The van der Waals surface area contributed by atoms with Gasteiger partial charge in [-0.15, -0.1) is 0 Å². The molecule has 0 aliphatic rings. The molecule has 0 saturated carbocycles. The standard InChI is InChI=1S/C7H6BrN3O2/c8-3-1-4(5(9)7(12)13)6(10)11-2-3/h1-2,9H,(H2,10,11)(H,12,13). The lowest BCUT2D eigenvalue weighted by atomic mass is 10.1. The van der Waals surface area contributed by atoms with Crippen molar-refractivity contribution in [3.63, 3.8) is 0 Å². The van der Waals surface area contributed by atoms with E-state index in [0.717, 1.165) is 0 Å². The molecule has 68 valence electrons. The molecule has 0 radical (unpaired) electrons. The fourth-order valence-corrected chi connectivity index (χ4v) is 1.10. The van der Waals surface area contributed by atoms with Gasteiger partial charge in [0.1, 0.15) is 5.82 Å². The van der Waals surface area contributed by atoms with Gasteiger partial charge in [0.15, 0.2) is 5.71 Å². The molecule has 1 aromatic heterocycles. The first kappa shape index (κ1) is 9.66. The molecule has 1 rings (SSSR count). The van der Waals surface area contributed by atoms with Gasteiger partial charge < -0.3 is 10.8 Å². The molecule has 0 aromatic carbocycles. The average molecular weight is 244 g/mol. The van der Waals surface area contributed by atoms with Crippen molar-refractivity contribution in [1.82, 2.24) is 4.98 Å². The van der Waals surface area contributed by atoms with E-state index in [-0.39, 0.29) is 11.4 Å². The molecule has 0 spiro atoms. The summed E-state index contributed by atoms with van der Waals surface area (Å²) in [4.78, 5) is 14.1. The summed E-state index contributed by atoms with van der Waals surface area (Å²) in [5.41, 5.74) is 4.94. The van der Waals surface area contributed by atoms with E-state index in [1.807, 2.05) is 0 Å². The fourth-order valence-electron chi connectivity index (χ4n) is 0.765. The maximum Gasteiger partial charge on any atom is 0.354 e. The number of aliphatic carboxylic acids is 1. The molecule has 0 amide bonds. The number of anilines is 1. The number of carboxylic acid groups (broad SMARTS) is 1. The van der Waals surface area contributed by atoms with Gasteiger partial charge in [0, 0.05) is 10.7 Å². The normalized spacial score (nSPS) is 9.62. The number of nitrogens with one attached hydrogen (secondary N) is 1. The molecule has 0 unspecified atom stereocenters. The zero-order valence-corrected chi connectivity index (χ0v) is 8.00. The van der Waals surface area contributed by atoms with Crippen molar-refractivity contribution in [3.8, 4) is 0 Å². The Kier molecular flexibility index (Phi) is 2.62. The molecular formula is C7H6BrN3O2. The summed E-state index contributed by atoms with van der Waals surface area (Å²) in [7, 11) is 0. The number of nitrogens with two attached hydrogens (primary N) is 1. The van der Waals surface area contributed by atoms with Crippen LogP contribution in [0.3, 0.4) is 0 Å². The minimum Gasteiger partial charge on any atom is -0.477 e. The van der Waals surface area contributed by atoms with Crippen molar-refractivity contribution < 1.29 is 9.90 Å². The van der Waals surface area contributed by atoms with Crippen molar-refractivity contribution in [3.05, 3.63) is 22.3 Å². The van der Waals surface area contributed by atoms with E-state index in [1.165, 1.54) is 12.3 Å². The van der Waals surface area contributed by atoms with Gasteiger partial charge in [-0.3, -0.25) is 5.41 Å². The van der Waals surface area contributed by atoms with Crippen LogP contribution in [-0.2, 0) is 4.79 Å². The fraction of sp³-hybridized carbons (Fsp3) is 0. The van der Waals surface area contributed by atoms with E-state index in [9.17, 15) is 4.79 Å². The second-order valence-corrected chi connectivity index (χ2v) is 3.18. The highest BCUT2D eigenvalue weighted by atomic mass is 79.9. The van der Waals surface area contributed by atoms with Crippen molar-refractivity contribution in [2.45, 2.75) is 0 Å². The van der Waals surface area contributed by atoms with Crippen LogP contribution in [0.25, 0.3) is 0 Å². The van der Waals surface area contributed by atoms with Crippen LogP contribution in [0.15, 0.2) is 16.7 Å². The molecule has 6 heteroatoms. The summed E-state index contributed by atoms with van der Waals surface area (Å²) in [5, 5.41) is 15.7. The first-order chi connectivity index (χ1) is 6.02. The molecular weight excluding hydrogens is 238 g/mol. The van der Waals surface area contributed by atoms with Crippen LogP contribution in [0.4, 0.5) is 5.82 Å². The second-order valence-electron chi connectivity index (χ2n) is 2.27. The molecule has 0 saturated heterocycles. The minimum atomic E-state index is -1.33. The Balaban J connectivity index is 3.21. The Labute approximate surface area is 82.2 Å². The molecule has 13 heavy (non-hydrogen) atoms. The molecule has 0 bridgehead atoms. The topological polar surface area (TPSA) is 100 Å². The number of carbonyl (C=O) groups is 1. The van der Waals surface area contributed by atoms with E-state index in [4.69, 9.17) is 16.2 Å². The van der Waals surface area contributed by atoms with E-state index < -0.39 is 11.7 Å². The lowest BCUT2D eigenvalue weighted by molar-refractivity contribution is -0.129. The third-order valence-corrected chi connectivity index (χ3v) is 1.80. The summed E-state index contributed by atoms with van der Waals surface area (Å²) in [6.07, 6.45) is 1.44. The highest BCUT2D eigenvalue weighted by Gasteiger charge is 2.13. The predicted molar refractivity (Wildman–Crippen MR) is 50.8 cm³/mol. The zero-order chi connectivity index (χ0) is 10.0. The Hall–Kier alpha value is -1.43. The number of nitrogens with zero attached hydrogens (tertiary/aromatic N) is 1. The molecule has 4 N–H and O–H groups in total. The van der Waals surface area contributed by atoms with Crippen LogP contribution < -0.4 is 5.73 Å². The highest BCUT2D eigenvalue weighted by Crippen LogP contribution is 2.15. The molecule has 0 aliphatic carbocycles. The summed E-state index contributed by atoms with van der Waals surface area (Å²) < 4.78 is 0.586. The van der Waals surface area contributed by atoms with Crippen molar-refractivity contribution in [2.24, 2.45) is 0 Å². The third kappa shape index (κ3) is 2.03. The molecule has 1 heterocycles. The Morgan fingerprint density at radius 1 is 1.69 bits per heavy atom. The summed E-state index contributed by atoms with van der Waals surface area (Å²) in [6.45, 7) is 0. The first-order valence-corrected chi connectivity index (χ1v) is 4.05. The largest absolute Gasteiger partial charge is 0.477 e. The van der Waals surface area contributed by atoms with Crippen LogP contribution in [0.1, 0.15) is 5.56 Å². The molecule has 0 fully saturated rings. The molecule has 5 nitrogen and oxygen atoms in total. The van der Waals surface area contributed by atoms with Crippen LogP contribution >= 0.6 is 15.9 Å². The van der Waals surface area contributed by atoms with Gasteiger partial charge in [0.25, 0.3) is 0 Å². The Bertz CT molecular complexity index is 378. The van der Waals surface area contributed by atoms with E-state index >= 15 is 0 Å². The van der Waals surface area contributed by atoms with Crippen LogP contribution in [0, 0.1) is 5.41 Å². The lowest BCUT2D eigenvalue weighted by Gasteiger charge is -2.02. The van der Waals surface area contributed by atoms with Crippen LogP contribution in [0.2, 0.25) is 0 Å². The van der Waals surface area contributed by atoms with Gasteiger partial charge in [-0.05, 0) is 22.0 Å². The lowest BCUT2D eigenvalue weighted by Crippen LogP contribution is -2.15. The van der Waals surface area contributed by atoms with Gasteiger partial charge in [0.2, 0.25) is 0 Å². The summed E-state index contributed by atoms with van der Waals surface area (Å²) in [6, 6.07) is 1.44. The SMILES string of the molecule is N=C(C(=O)O)c1cc(Br)cnc1N. The number of halogens is 1. The monoisotopic (exact) mass is 243 g/mol. The second kappa shape index (κ2) is 3.53. The molecule has 1 aromatic rings. The Morgan fingerprint density at radius 2 is 2.31 bits per heavy atom. The smallest absolute Gasteiger partial charge is 0.354 e. The van der Waals surface area contributed by atoms with E-state index in [0.29, 0.717) is 4.47 Å². The average Bonchev–Trinajstić information content (AvgIpc) is 2.08. The highest BCUT2D eigenvalue weighted by molar-refractivity contribution is 9.10. The predicted octanol–water partition coefficient (Wildman–Crippen LogP) is 0.879. The zero-order valence-electron chi connectivity index (χ0n) is 6.41. The number of rotatable bonds is 2. The van der Waals surface area contributed by atoms with Crippen LogP contribution in [-0.4, -0.2) is 21.8 Å². The first-order valence-electron chi connectivity index (χ1n) is 3.25. The van der Waals surface area contributed by atoms with Gasteiger partial charge in [-0.1, -0.05) is 0 Å². The Morgan fingerprint density at radius 3 is 2.85 bits per heavy atom. The number of hydrogen-bond acceptors (Lipinski definition) is 4. The van der Waals surface area contributed by atoms with Crippen LogP contribution in [0.5, 0.6) is 0 Å². The van der Waals surface area contributed by atoms with Gasteiger partial charge in [0.05, 0.1) is 5.56 Å². The summed E-state index contributed by atoms with van der Waals surface area (Å²) >= 11 is 3.11. The van der Waals surface area contributed by atoms with E-state index in [1.54, 1.807) is 0 Å². The number of nitrogen functional groups attached to an aromatic ring is 1. The molecule has 0 aliphatic heterocycles. The number of aromatic nitrogens is 1.